The van der Waals surface area contributed by atoms with E-state index in [1.165, 1.54) is 12.1 Å². The number of amides is 1. The number of pyridine rings is 1. The van der Waals surface area contributed by atoms with Crippen molar-refractivity contribution in [2.75, 3.05) is 12.4 Å². The van der Waals surface area contributed by atoms with Gasteiger partial charge in [-0.05, 0) is 48.0 Å². The largest absolute Gasteiger partial charge is 0.497 e. The standard InChI is InChI=1S/C25H22FN5O2.C2HF3O2/c1-33-21-10-8-20(9-11-21)29-25(32)22-13-28-31-23(22)16-30(14-17-4-6-19(26)7-5-17)15-18-3-2-12-27-24(18)31;3-2(4,5)1(6)7/h2-13H,14-16H2,1H3,(H,29,32);(H,6,7). The van der Waals surface area contributed by atoms with Crippen molar-refractivity contribution in [3.63, 3.8) is 0 Å². The van der Waals surface area contributed by atoms with Gasteiger partial charge in [0.05, 0.1) is 24.6 Å². The smallest absolute Gasteiger partial charge is 0.490 e. The molecule has 0 fully saturated rings. The number of halogens is 4. The fourth-order valence-corrected chi connectivity index (χ4v) is 3.98. The molecule has 2 aromatic carbocycles. The Kier molecular flexibility index (Phi) is 8.43. The second kappa shape index (κ2) is 11.9. The van der Waals surface area contributed by atoms with Crippen molar-refractivity contribution in [1.82, 2.24) is 19.7 Å². The van der Waals surface area contributed by atoms with Crippen LogP contribution in [0.4, 0.5) is 23.2 Å². The van der Waals surface area contributed by atoms with Crippen LogP contribution in [0.3, 0.4) is 0 Å². The second-order valence-corrected chi connectivity index (χ2v) is 8.66. The highest BCUT2D eigenvalue weighted by Crippen LogP contribution is 2.26. The molecule has 2 N–H and O–H groups in total. The van der Waals surface area contributed by atoms with E-state index in [2.05, 4.69) is 20.3 Å². The highest BCUT2D eigenvalue weighted by molar-refractivity contribution is 6.05. The summed E-state index contributed by atoms with van der Waals surface area (Å²) in [5.74, 6) is -1.85. The van der Waals surface area contributed by atoms with Gasteiger partial charge in [0.2, 0.25) is 0 Å². The first-order valence-corrected chi connectivity index (χ1v) is 11.8. The average Bonchev–Trinajstić information content (AvgIpc) is 3.27. The van der Waals surface area contributed by atoms with Crippen molar-refractivity contribution in [1.29, 1.82) is 0 Å². The number of carbonyl (C=O) groups is 2. The lowest BCUT2D eigenvalue weighted by molar-refractivity contribution is -0.192. The predicted octanol–water partition coefficient (Wildman–Crippen LogP) is 4.82. The number of nitrogens with one attached hydrogen (secondary N) is 1. The number of alkyl halides is 3. The summed E-state index contributed by atoms with van der Waals surface area (Å²) in [5, 5.41) is 14.6. The predicted molar refractivity (Wildman–Crippen MR) is 135 cm³/mol. The molecule has 3 heterocycles. The summed E-state index contributed by atoms with van der Waals surface area (Å²) in [4.78, 5) is 28.8. The van der Waals surface area contributed by atoms with E-state index in [4.69, 9.17) is 14.6 Å². The minimum Gasteiger partial charge on any atom is -0.497 e. The Morgan fingerprint density at radius 2 is 1.73 bits per heavy atom. The number of anilines is 1. The van der Waals surface area contributed by atoms with E-state index in [0.29, 0.717) is 42.5 Å². The van der Waals surface area contributed by atoms with Crippen molar-refractivity contribution in [3.8, 4) is 11.6 Å². The number of benzene rings is 2. The van der Waals surface area contributed by atoms with Crippen molar-refractivity contribution in [3.05, 3.63) is 101 Å². The lowest BCUT2D eigenvalue weighted by Crippen LogP contribution is -2.23. The molecule has 0 saturated carbocycles. The van der Waals surface area contributed by atoms with Gasteiger partial charge in [0.25, 0.3) is 5.91 Å². The summed E-state index contributed by atoms with van der Waals surface area (Å²) in [6.07, 6.45) is -1.79. The van der Waals surface area contributed by atoms with Crippen molar-refractivity contribution < 1.29 is 37.0 Å². The Balaban J connectivity index is 0.000000470. The van der Waals surface area contributed by atoms with E-state index < -0.39 is 12.1 Å². The highest BCUT2D eigenvalue weighted by atomic mass is 19.4. The molecule has 0 unspecified atom stereocenters. The maximum absolute atomic E-state index is 13.4. The van der Waals surface area contributed by atoms with Crippen LogP contribution in [0.2, 0.25) is 0 Å². The number of nitrogens with zero attached hydrogens (tertiary/aromatic N) is 4. The van der Waals surface area contributed by atoms with E-state index >= 15 is 0 Å². The van der Waals surface area contributed by atoms with Gasteiger partial charge in [-0.1, -0.05) is 18.2 Å². The van der Waals surface area contributed by atoms with Crippen molar-refractivity contribution in [2.45, 2.75) is 25.8 Å². The van der Waals surface area contributed by atoms with Crippen LogP contribution in [-0.2, 0) is 24.4 Å². The number of aliphatic carboxylic acids is 1. The van der Waals surface area contributed by atoms with Gasteiger partial charge in [0.15, 0.2) is 5.82 Å². The molecule has 0 bridgehead atoms. The van der Waals surface area contributed by atoms with Crippen LogP contribution >= 0.6 is 0 Å². The zero-order valence-corrected chi connectivity index (χ0v) is 21.0. The Hall–Kier alpha value is -4.78. The Morgan fingerprint density at radius 1 is 1.05 bits per heavy atom. The molecule has 2 aromatic heterocycles. The molecular formula is C27H23F4N5O4. The molecule has 1 amide bonds. The van der Waals surface area contributed by atoms with Gasteiger partial charge in [0.1, 0.15) is 11.6 Å². The number of hydrogen-bond acceptors (Lipinski definition) is 6. The number of aromatic nitrogens is 3. The second-order valence-electron chi connectivity index (χ2n) is 8.66. The van der Waals surface area contributed by atoms with Crippen molar-refractivity contribution in [2.24, 2.45) is 0 Å². The van der Waals surface area contributed by atoms with Gasteiger partial charge in [0, 0.05) is 37.1 Å². The number of carboxylic acids is 1. The highest BCUT2D eigenvalue weighted by Gasteiger charge is 2.38. The lowest BCUT2D eigenvalue weighted by Gasteiger charge is -2.20. The summed E-state index contributed by atoms with van der Waals surface area (Å²) in [6, 6.07) is 17.5. The molecular weight excluding hydrogens is 534 g/mol. The third kappa shape index (κ3) is 6.80. The van der Waals surface area contributed by atoms with Gasteiger partial charge in [-0.15, -0.1) is 0 Å². The maximum atomic E-state index is 13.4. The van der Waals surface area contributed by atoms with Crippen LogP contribution in [0, 0.1) is 5.82 Å². The minimum absolute atomic E-state index is 0.248. The fraction of sp³-hybridized carbons (Fsp3) is 0.185. The third-order valence-electron chi connectivity index (χ3n) is 5.86. The van der Waals surface area contributed by atoms with Crippen LogP contribution in [-0.4, -0.2) is 49.9 Å². The number of methoxy groups -OCH3 is 1. The van der Waals surface area contributed by atoms with Crippen LogP contribution in [0.1, 0.15) is 27.2 Å². The number of ether oxygens (including phenoxy) is 1. The zero-order chi connectivity index (χ0) is 28.9. The Labute approximate surface area is 225 Å². The quantitative estimate of drug-likeness (QED) is 0.339. The molecule has 0 aliphatic carbocycles. The first-order chi connectivity index (χ1) is 19.0. The number of carbonyl (C=O) groups excluding carboxylic acids is 1. The molecule has 208 valence electrons. The number of fused-ring (bicyclic) bond motifs is 3. The normalized spacial score (nSPS) is 12.7. The maximum Gasteiger partial charge on any atom is 0.490 e. The Morgan fingerprint density at radius 3 is 2.35 bits per heavy atom. The van der Waals surface area contributed by atoms with E-state index in [1.807, 2.05) is 12.1 Å². The van der Waals surface area contributed by atoms with Crippen LogP contribution in [0.15, 0.2) is 73.1 Å². The monoisotopic (exact) mass is 557 g/mol. The van der Waals surface area contributed by atoms with E-state index in [-0.39, 0.29) is 11.7 Å². The lowest BCUT2D eigenvalue weighted by atomic mass is 10.1. The van der Waals surface area contributed by atoms with Crippen LogP contribution < -0.4 is 10.1 Å². The van der Waals surface area contributed by atoms with Crippen molar-refractivity contribution >= 4 is 17.6 Å². The van der Waals surface area contributed by atoms with Gasteiger partial charge < -0.3 is 15.2 Å². The van der Waals surface area contributed by atoms with E-state index in [9.17, 15) is 22.4 Å². The third-order valence-corrected chi connectivity index (χ3v) is 5.86. The Bertz CT molecular complexity index is 1490. The summed E-state index contributed by atoms with van der Waals surface area (Å²) in [5.41, 5.74) is 3.88. The summed E-state index contributed by atoms with van der Waals surface area (Å²) >= 11 is 0. The topological polar surface area (TPSA) is 110 Å². The van der Waals surface area contributed by atoms with E-state index in [0.717, 1.165) is 16.8 Å². The van der Waals surface area contributed by atoms with Crippen LogP contribution in [0.25, 0.3) is 5.82 Å². The summed E-state index contributed by atoms with van der Waals surface area (Å²) in [6.45, 7) is 1.71. The molecule has 9 nitrogen and oxygen atoms in total. The molecule has 0 atom stereocenters. The van der Waals surface area contributed by atoms with E-state index in [1.54, 1.807) is 60.6 Å². The van der Waals surface area contributed by atoms with Gasteiger partial charge in [-0.3, -0.25) is 9.69 Å². The number of rotatable bonds is 5. The van der Waals surface area contributed by atoms with Gasteiger partial charge >= 0.3 is 12.1 Å². The molecule has 0 saturated heterocycles. The molecule has 1 aliphatic rings. The van der Waals surface area contributed by atoms with Gasteiger partial charge in [-0.2, -0.15) is 18.3 Å². The minimum atomic E-state index is -5.08. The summed E-state index contributed by atoms with van der Waals surface area (Å²) < 4.78 is 52.0. The van der Waals surface area contributed by atoms with Crippen LogP contribution in [0.5, 0.6) is 5.75 Å². The zero-order valence-electron chi connectivity index (χ0n) is 21.0. The number of hydrogen-bond donors (Lipinski definition) is 2. The fourth-order valence-electron chi connectivity index (χ4n) is 3.98. The molecule has 0 spiro atoms. The molecule has 1 aliphatic heterocycles. The molecule has 4 aromatic rings. The van der Waals surface area contributed by atoms with Gasteiger partial charge in [-0.25, -0.2) is 18.9 Å². The molecule has 0 radical (unpaired) electrons. The molecule has 5 rings (SSSR count). The average molecular weight is 558 g/mol. The number of carboxylic acid groups (broad SMARTS) is 1. The molecule has 40 heavy (non-hydrogen) atoms. The first-order valence-electron chi connectivity index (χ1n) is 11.8. The SMILES string of the molecule is COc1ccc(NC(=O)c2cnn3c2CN(Cc2ccc(F)cc2)Cc2cccnc2-3)cc1.O=C(O)C(F)(F)F. The summed E-state index contributed by atoms with van der Waals surface area (Å²) in [7, 11) is 1.60. The first kappa shape index (κ1) is 28.2. The molecule has 13 heteroatoms.